The van der Waals surface area contributed by atoms with E-state index >= 15 is 0 Å². The van der Waals surface area contributed by atoms with Crippen molar-refractivity contribution in [1.29, 1.82) is 0 Å². The van der Waals surface area contributed by atoms with E-state index in [2.05, 4.69) is 5.32 Å². The number of ether oxygens (including phenoxy) is 2. The maximum atomic E-state index is 11.8. The molecule has 126 valence electrons. The highest BCUT2D eigenvalue weighted by Crippen LogP contribution is 2.25. The van der Waals surface area contributed by atoms with E-state index < -0.39 is 45.4 Å². The number of nitro benzene ring substituents is 1. The van der Waals surface area contributed by atoms with Gasteiger partial charge in [0, 0.05) is 32.2 Å². The summed E-state index contributed by atoms with van der Waals surface area (Å²) in [6.45, 7) is 2.76. The molecule has 1 fully saturated rings. The van der Waals surface area contributed by atoms with Gasteiger partial charge in [-0.15, -0.1) is 0 Å². The van der Waals surface area contributed by atoms with Crippen molar-refractivity contribution in [2.45, 2.75) is 19.6 Å². The van der Waals surface area contributed by atoms with Crippen LogP contribution in [-0.4, -0.2) is 33.7 Å². The Morgan fingerprint density at radius 2 is 1.88 bits per heavy atom. The molecule has 10 nitrogen and oxygen atoms in total. The highest BCUT2D eigenvalue weighted by Gasteiger charge is 2.39. The predicted octanol–water partition coefficient (Wildman–Crippen LogP) is 1.42. The third kappa shape index (κ3) is 3.48. The topological polar surface area (TPSA) is 145 Å². The van der Waals surface area contributed by atoms with E-state index in [0.717, 1.165) is 24.4 Å². The number of nitrogens with one attached hydrogen (secondary N) is 1. The van der Waals surface area contributed by atoms with Gasteiger partial charge in [-0.25, -0.2) is 14.4 Å². The first-order valence-corrected chi connectivity index (χ1v) is 6.56. The standard InChI is InChI=1S/C14H12N2O8/c1-14(2)23-12(19)9(13(20)24-14)6-15-10-4-3-7(16(21)22)5-8(10)11(17)18/h3-6,15H,1-2H3,(H,17,18). The normalized spacial score (nSPS) is 16.0. The molecular formula is C14H12N2O8. The number of anilines is 1. The van der Waals surface area contributed by atoms with Crippen molar-refractivity contribution < 1.29 is 33.9 Å². The molecule has 24 heavy (non-hydrogen) atoms. The van der Waals surface area contributed by atoms with E-state index in [0.29, 0.717) is 0 Å². The van der Waals surface area contributed by atoms with Gasteiger partial charge in [-0.1, -0.05) is 0 Å². The lowest BCUT2D eigenvalue weighted by atomic mass is 10.1. The second kappa shape index (κ2) is 5.99. The van der Waals surface area contributed by atoms with E-state index in [9.17, 15) is 24.5 Å². The Hall–Kier alpha value is -3.43. The van der Waals surface area contributed by atoms with Gasteiger partial charge in [-0.05, 0) is 6.07 Å². The molecule has 1 aromatic rings. The zero-order valence-corrected chi connectivity index (χ0v) is 12.6. The van der Waals surface area contributed by atoms with Gasteiger partial charge in [0.1, 0.15) is 0 Å². The minimum Gasteiger partial charge on any atom is -0.478 e. The second-order valence-electron chi connectivity index (χ2n) is 5.17. The van der Waals surface area contributed by atoms with Crippen molar-refractivity contribution in [2.24, 2.45) is 0 Å². The van der Waals surface area contributed by atoms with Gasteiger partial charge < -0.3 is 19.9 Å². The van der Waals surface area contributed by atoms with Gasteiger partial charge in [0.25, 0.3) is 11.5 Å². The largest absolute Gasteiger partial charge is 0.478 e. The van der Waals surface area contributed by atoms with Gasteiger partial charge in [0.05, 0.1) is 16.2 Å². The Morgan fingerprint density at radius 3 is 2.38 bits per heavy atom. The highest BCUT2D eigenvalue weighted by atomic mass is 16.7. The van der Waals surface area contributed by atoms with Gasteiger partial charge in [0.2, 0.25) is 0 Å². The first-order valence-electron chi connectivity index (χ1n) is 6.56. The molecule has 0 aromatic heterocycles. The Bertz CT molecular complexity index is 759. The van der Waals surface area contributed by atoms with Crippen LogP contribution in [0.15, 0.2) is 30.0 Å². The molecule has 0 unspecified atom stereocenters. The van der Waals surface area contributed by atoms with Crippen LogP contribution in [0.25, 0.3) is 0 Å². The number of cyclic esters (lactones) is 2. The predicted molar refractivity (Wildman–Crippen MR) is 78.0 cm³/mol. The van der Waals surface area contributed by atoms with Crippen molar-refractivity contribution in [1.82, 2.24) is 0 Å². The molecule has 2 rings (SSSR count). The molecule has 2 N–H and O–H groups in total. The minimum atomic E-state index is -1.42. The number of carboxylic acid groups (broad SMARTS) is 1. The van der Waals surface area contributed by atoms with Crippen molar-refractivity contribution >= 4 is 29.3 Å². The number of carbonyl (C=O) groups excluding carboxylic acids is 2. The van der Waals surface area contributed by atoms with Crippen LogP contribution in [0.4, 0.5) is 11.4 Å². The Morgan fingerprint density at radius 1 is 1.29 bits per heavy atom. The van der Waals surface area contributed by atoms with Gasteiger partial charge in [-0.2, -0.15) is 0 Å². The molecule has 0 spiro atoms. The summed E-state index contributed by atoms with van der Waals surface area (Å²) in [6.07, 6.45) is 0.924. The number of hydrogen-bond donors (Lipinski definition) is 2. The smallest absolute Gasteiger partial charge is 0.350 e. The number of non-ortho nitro benzene ring substituents is 1. The van der Waals surface area contributed by atoms with E-state index in [4.69, 9.17) is 14.6 Å². The fourth-order valence-electron chi connectivity index (χ4n) is 1.88. The van der Waals surface area contributed by atoms with Crippen LogP contribution in [-0.2, 0) is 19.1 Å². The molecule has 0 atom stereocenters. The summed E-state index contributed by atoms with van der Waals surface area (Å²) in [5, 5.41) is 22.3. The summed E-state index contributed by atoms with van der Waals surface area (Å²) in [5.74, 6) is -4.70. The quantitative estimate of drug-likeness (QED) is 0.274. The third-order valence-corrected chi connectivity index (χ3v) is 2.93. The molecule has 0 amide bonds. The number of rotatable bonds is 4. The SMILES string of the molecule is CC1(C)OC(=O)C(=CNc2ccc([N+](=O)[O-])cc2C(=O)O)C(=O)O1. The first kappa shape index (κ1) is 16.9. The summed E-state index contributed by atoms with van der Waals surface area (Å²) in [7, 11) is 0. The van der Waals surface area contributed by atoms with Crippen LogP contribution in [0.1, 0.15) is 24.2 Å². The lowest BCUT2D eigenvalue weighted by Gasteiger charge is -2.29. The average Bonchev–Trinajstić information content (AvgIpc) is 2.44. The molecule has 0 aliphatic carbocycles. The maximum Gasteiger partial charge on any atom is 0.350 e. The van der Waals surface area contributed by atoms with Gasteiger partial charge in [-0.3, -0.25) is 10.1 Å². The lowest BCUT2D eigenvalue weighted by molar-refractivity contribution is -0.384. The van der Waals surface area contributed by atoms with Gasteiger partial charge in [0.15, 0.2) is 5.57 Å². The van der Waals surface area contributed by atoms with E-state index in [1.54, 1.807) is 0 Å². The summed E-state index contributed by atoms with van der Waals surface area (Å²) >= 11 is 0. The molecule has 0 bridgehead atoms. The molecule has 1 aromatic carbocycles. The molecule has 0 radical (unpaired) electrons. The number of hydrogen-bond acceptors (Lipinski definition) is 8. The first-order chi connectivity index (χ1) is 11.1. The van der Waals surface area contributed by atoms with Gasteiger partial charge >= 0.3 is 17.9 Å². The molecule has 1 aliphatic rings. The summed E-state index contributed by atoms with van der Waals surface area (Å²) in [5.41, 5.74) is -1.34. The molecule has 1 aliphatic heterocycles. The zero-order valence-electron chi connectivity index (χ0n) is 12.6. The fraction of sp³-hybridized carbons (Fsp3) is 0.214. The maximum absolute atomic E-state index is 11.8. The Labute approximate surface area is 134 Å². The van der Waals surface area contributed by atoms with Crippen molar-refractivity contribution in [3.63, 3.8) is 0 Å². The van der Waals surface area contributed by atoms with E-state index in [1.165, 1.54) is 13.8 Å². The fourth-order valence-corrected chi connectivity index (χ4v) is 1.88. The highest BCUT2D eigenvalue weighted by molar-refractivity contribution is 6.15. The third-order valence-electron chi connectivity index (χ3n) is 2.93. The molecule has 1 heterocycles. The summed E-state index contributed by atoms with van der Waals surface area (Å²) in [6, 6.07) is 3.07. The van der Waals surface area contributed by atoms with Crippen LogP contribution in [0.2, 0.25) is 0 Å². The van der Waals surface area contributed by atoms with Crippen LogP contribution in [0, 0.1) is 10.1 Å². The number of carbonyl (C=O) groups is 3. The Kier molecular flexibility index (Phi) is 4.22. The van der Waals surface area contributed by atoms with Crippen LogP contribution < -0.4 is 5.32 Å². The van der Waals surface area contributed by atoms with Crippen molar-refractivity contribution in [3.8, 4) is 0 Å². The number of carboxylic acids is 1. The summed E-state index contributed by atoms with van der Waals surface area (Å²) < 4.78 is 9.75. The summed E-state index contributed by atoms with van der Waals surface area (Å²) in [4.78, 5) is 44.7. The molecule has 1 saturated heterocycles. The van der Waals surface area contributed by atoms with Crippen LogP contribution >= 0.6 is 0 Å². The number of aromatic carboxylic acids is 1. The number of esters is 2. The van der Waals surface area contributed by atoms with Crippen molar-refractivity contribution in [2.75, 3.05) is 5.32 Å². The van der Waals surface area contributed by atoms with Crippen LogP contribution in [0.3, 0.4) is 0 Å². The monoisotopic (exact) mass is 336 g/mol. The number of nitrogens with zero attached hydrogens (tertiary/aromatic N) is 1. The van der Waals surface area contributed by atoms with E-state index in [1.807, 2.05) is 0 Å². The molecular weight excluding hydrogens is 324 g/mol. The number of benzene rings is 1. The van der Waals surface area contributed by atoms with Crippen LogP contribution in [0.5, 0.6) is 0 Å². The average molecular weight is 336 g/mol. The van der Waals surface area contributed by atoms with Crippen molar-refractivity contribution in [3.05, 3.63) is 45.6 Å². The molecule has 0 saturated carbocycles. The Balaban J connectivity index is 2.31. The minimum absolute atomic E-state index is 0.0500. The second-order valence-corrected chi connectivity index (χ2v) is 5.17. The molecule has 10 heteroatoms. The zero-order chi connectivity index (χ0) is 18.1. The lowest BCUT2D eigenvalue weighted by Crippen LogP contribution is -2.42. The number of nitro groups is 1. The van der Waals surface area contributed by atoms with E-state index in [-0.39, 0.29) is 5.69 Å².